The van der Waals surface area contributed by atoms with Crippen LogP contribution in [0.2, 0.25) is 0 Å². The van der Waals surface area contributed by atoms with E-state index in [4.69, 9.17) is 0 Å². The van der Waals surface area contributed by atoms with Crippen LogP contribution >= 0.6 is 15.9 Å². The predicted molar refractivity (Wildman–Crippen MR) is 88.3 cm³/mol. The van der Waals surface area contributed by atoms with Crippen molar-refractivity contribution in [3.8, 4) is 0 Å². The molecule has 1 aromatic carbocycles. The van der Waals surface area contributed by atoms with E-state index in [-0.39, 0.29) is 5.82 Å². The Balaban J connectivity index is 2.66. The lowest BCUT2D eigenvalue weighted by Crippen LogP contribution is -2.27. The van der Waals surface area contributed by atoms with Gasteiger partial charge in [0, 0.05) is 11.0 Å². The van der Waals surface area contributed by atoms with Gasteiger partial charge in [0.15, 0.2) is 0 Å². The normalized spacial score (nSPS) is 11.8. The van der Waals surface area contributed by atoms with Crippen LogP contribution in [0.5, 0.6) is 0 Å². The van der Waals surface area contributed by atoms with E-state index in [9.17, 15) is 4.39 Å². The number of halogens is 2. The Labute approximate surface area is 131 Å². The topological polar surface area (TPSA) is 3.24 Å². The molecule has 0 unspecified atom stereocenters. The van der Waals surface area contributed by atoms with Crippen molar-refractivity contribution in [1.82, 2.24) is 4.90 Å². The smallest absolute Gasteiger partial charge is 0.124 e. The quantitative estimate of drug-likeness (QED) is 0.603. The molecule has 0 aliphatic rings. The Bertz CT molecular complexity index is 392. The van der Waals surface area contributed by atoms with Crippen molar-refractivity contribution in [3.05, 3.63) is 34.1 Å². The minimum Gasteiger partial charge on any atom is -0.299 e. The van der Waals surface area contributed by atoms with E-state index in [2.05, 4.69) is 48.5 Å². The van der Waals surface area contributed by atoms with E-state index in [1.165, 1.54) is 18.4 Å². The first-order valence-corrected chi connectivity index (χ1v) is 8.34. The Morgan fingerprint density at radius 2 is 1.60 bits per heavy atom. The fourth-order valence-corrected chi connectivity index (χ4v) is 2.52. The lowest BCUT2D eigenvalue weighted by atomic mass is 10.1. The number of hydrogen-bond donors (Lipinski definition) is 0. The molecule has 0 fully saturated rings. The molecule has 0 heterocycles. The molecule has 1 nitrogen and oxygen atoms in total. The first kappa shape index (κ1) is 17.6. The standard InChI is InChI=1S/C17H27BrFN/c1-13(2)7-9-20(10-8-14(3)4)12-15-5-6-16(19)11-17(15)18/h5-6,11,13-14H,7-10,12H2,1-4H3. The maximum absolute atomic E-state index is 13.1. The van der Waals surface area contributed by atoms with Gasteiger partial charge in [-0.3, -0.25) is 4.90 Å². The van der Waals surface area contributed by atoms with Crippen molar-refractivity contribution in [2.45, 2.75) is 47.1 Å². The van der Waals surface area contributed by atoms with E-state index >= 15 is 0 Å². The van der Waals surface area contributed by atoms with Gasteiger partial charge in [-0.25, -0.2) is 4.39 Å². The van der Waals surface area contributed by atoms with Gasteiger partial charge in [-0.05, 0) is 55.5 Å². The lowest BCUT2D eigenvalue weighted by molar-refractivity contribution is 0.235. The van der Waals surface area contributed by atoms with Crippen LogP contribution in [0.15, 0.2) is 22.7 Å². The van der Waals surface area contributed by atoms with Crippen molar-refractivity contribution >= 4 is 15.9 Å². The van der Waals surface area contributed by atoms with Crippen molar-refractivity contribution in [1.29, 1.82) is 0 Å². The second-order valence-corrected chi connectivity index (χ2v) is 7.23. The van der Waals surface area contributed by atoms with E-state index in [0.717, 1.165) is 24.1 Å². The highest BCUT2D eigenvalue weighted by molar-refractivity contribution is 9.10. The zero-order valence-corrected chi connectivity index (χ0v) is 14.7. The molecule has 114 valence electrons. The fraction of sp³-hybridized carbons (Fsp3) is 0.647. The van der Waals surface area contributed by atoms with Gasteiger partial charge in [-0.15, -0.1) is 0 Å². The summed E-state index contributed by atoms with van der Waals surface area (Å²) in [7, 11) is 0. The second kappa shape index (κ2) is 8.78. The number of hydrogen-bond acceptors (Lipinski definition) is 1. The van der Waals surface area contributed by atoms with E-state index in [1.54, 1.807) is 12.1 Å². The first-order chi connectivity index (χ1) is 9.38. The molecule has 20 heavy (non-hydrogen) atoms. The van der Waals surface area contributed by atoms with E-state index in [1.807, 2.05) is 6.07 Å². The zero-order valence-electron chi connectivity index (χ0n) is 13.1. The van der Waals surface area contributed by atoms with Gasteiger partial charge in [0.25, 0.3) is 0 Å². The van der Waals surface area contributed by atoms with Gasteiger partial charge in [-0.2, -0.15) is 0 Å². The molecular formula is C17H27BrFN. The minimum atomic E-state index is -0.184. The van der Waals surface area contributed by atoms with Crippen molar-refractivity contribution in [3.63, 3.8) is 0 Å². The van der Waals surface area contributed by atoms with Crippen LogP contribution in [0.4, 0.5) is 4.39 Å². The molecule has 0 N–H and O–H groups in total. The molecule has 0 aliphatic carbocycles. The first-order valence-electron chi connectivity index (χ1n) is 7.54. The maximum Gasteiger partial charge on any atom is 0.124 e. The third-order valence-corrected chi connectivity index (χ3v) is 4.19. The van der Waals surface area contributed by atoms with Gasteiger partial charge < -0.3 is 0 Å². The molecule has 1 rings (SSSR count). The van der Waals surface area contributed by atoms with Crippen molar-refractivity contribution < 1.29 is 4.39 Å². The Morgan fingerprint density at radius 3 is 2.05 bits per heavy atom. The number of rotatable bonds is 8. The van der Waals surface area contributed by atoms with Crippen molar-refractivity contribution in [2.75, 3.05) is 13.1 Å². The molecule has 0 spiro atoms. The van der Waals surface area contributed by atoms with Gasteiger partial charge in [0.05, 0.1) is 0 Å². The van der Waals surface area contributed by atoms with Crippen LogP contribution in [0.25, 0.3) is 0 Å². The van der Waals surface area contributed by atoms with Crippen LogP contribution in [-0.2, 0) is 6.54 Å². The average Bonchev–Trinajstić information content (AvgIpc) is 2.35. The monoisotopic (exact) mass is 343 g/mol. The average molecular weight is 344 g/mol. The summed E-state index contributed by atoms with van der Waals surface area (Å²) < 4.78 is 14.0. The summed E-state index contributed by atoms with van der Waals surface area (Å²) in [6.07, 6.45) is 2.41. The third-order valence-electron chi connectivity index (χ3n) is 3.45. The van der Waals surface area contributed by atoms with Gasteiger partial charge >= 0.3 is 0 Å². The molecule has 0 radical (unpaired) electrons. The molecule has 0 atom stereocenters. The van der Waals surface area contributed by atoms with Crippen LogP contribution in [0, 0.1) is 17.7 Å². The predicted octanol–water partition coefficient (Wildman–Crippen LogP) is 5.48. The van der Waals surface area contributed by atoms with Crippen molar-refractivity contribution in [2.24, 2.45) is 11.8 Å². The molecule has 0 amide bonds. The highest BCUT2D eigenvalue weighted by atomic mass is 79.9. The number of nitrogens with zero attached hydrogens (tertiary/aromatic N) is 1. The van der Waals surface area contributed by atoms with E-state index < -0.39 is 0 Å². The van der Waals surface area contributed by atoms with Gasteiger partial charge in [0.1, 0.15) is 5.82 Å². The third kappa shape index (κ3) is 6.85. The second-order valence-electron chi connectivity index (χ2n) is 6.38. The largest absolute Gasteiger partial charge is 0.299 e. The minimum absolute atomic E-state index is 0.184. The zero-order chi connectivity index (χ0) is 15.1. The fourth-order valence-electron chi connectivity index (χ4n) is 2.04. The summed E-state index contributed by atoms with van der Waals surface area (Å²) in [5, 5.41) is 0. The highest BCUT2D eigenvalue weighted by Gasteiger charge is 2.10. The molecule has 0 aromatic heterocycles. The molecule has 0 aliphatic heterocycles. The Kier molecular flexibility index (Phi) is 7.75. The van der Waals surface area contributed by atoms with E-state index in [0.29, 0.717) is 11.8 Å². The highest BCUT2D eigenvalue weighted by Crippen LogP contribution is 2.20. The maximum atomic E-state index is 13.1. The summed E-state index contributed by atoms with van der Waals surface area (Å²) in [5.74, 6) is 1.25. The van der Waals surface area contributed by atoms with Crippen LogP contribution in [0.3, 0.4) is 0 Å². The molecular weight excluding hydrogens is 317 g/mol. The number of benzene rings is 1. The molecule has 0 saturated heterocycles. The lowest BCUT2D eigenvalue weighted by Gasteiger charge is -2.24. The summed E-state index contributed by atoms with van der Waals surface area (Å²) in [6, 6.07) is 4.98. The SMILES string of the molecule is CC(C)CCN(CCC(C)C)Cc1ccc(F)cc1Br. The molecule has 3 heteroatoms. The van der Waals surface area contributed by atoms with Gasteiger partial charge in [-0.1, -0.05) is 49.7 Å². The molecule has 1 aromatic rings. The Morgan fingerprint density at radius 1 is 1.05 bits per heavy atom. The molecule has 0 bridgehead atoms. The Hall–Kier alpha value is -0.410. The van der Waals surface area contributed by atoms with Gasteiger partial charge in [0.2, 0.25) is 0 Å². The van der Waals surface area contributed by atoms with Crippen LogP contribution < -0.4 is 0 Å². The van der Waals surface area contributed by atoms with Crippen LogP contribution in [0.1, 0.15) is 46.1 Å². The summed E-state index contributed by atoms with van der Waals surface area (Å²) in [6.45, 7) is 12.1. The van der Waals surface area contributed by atoms with Crippen LogP contribution in [-0.4, -0.2) is 18.0 Å². The summed E-state index contributed by atoms with van der Waals surface area (Å²) >= 11 is 3.47. The summed E-state index contributed by atoms with van der Waals surface area (Å²) in [4.78, 5) is 2.48. The summed E-state index contributed by atoms with van der Waals surface area (Å²) in [5.41, 5.74) is 1.17. The molecule has 0 saturated carbocycles.